The number of imide groups is 1. The molecule has 0 aliphatic carbocycles. The molecule has 5 spiro atoms. The second-order valence-electron chi connectivity index (χ2n) is 32.4. The van der Waals surface area contributed by atoms with Crippen molar-refractivity contribution in [2.45, 2.75) is 105 Å². The third-order valence-corrected chi connectivity index (χ3v) is 41.0. The van der Waals surface area contributed by atoms with E-state index in [1.165, 1.54) is 131 Å². The van der Waals surface area contributed by atoms with Crippen LogP contribution in [0.3, 0.4) is 0 Å². The first-order chi connectivity index (χ1) is 52.2. The molecule has 8 aromatic rings. The number of carbonyl (C=O) groups is 7. The smallest absolute Gasteiger partial charge is 0.340 e. The number of carbonyl (C=O) groups excluding carboxylic acids is 6. The average molecular weight is 1510 g/mol. The fourth-order valence-corrected chi connectivity index (χ4v) is 36.5. The van der Waals surface area contributed by atoms with E-state index in [9.17, 15) is 38.7 Å². The van der Waals surface area contributed by atoms with E-state index in [4.69, 9.17) is 9.47 Å². The highest BCUT2D eigenvalue weighted by atomic mass is 28.3. The minimum atomic E-state index is -2.27. The number of hydrogen-bond donors (Lipinski definition) is 2. The van der Waals surface area contributed by atoms with Crippen molar-refractivity contribution in [3.05, 3.63) is 225 Å². The van der Waals surface area contributed by atoms with Crippen molar-refractivity contribution in [2.24, 2.45) is 0 Å². The number of fused-ring (bicyclic) bond motifs is 20. The summed E-state index contributed by atoms with van der Waals surface area (Å²) in [7, 11) is 18.4. The van der Waals surface area contributed by atoms with Crippen LogP contribution in [0.2, 0.25) is 36.3 Å². The maximum atomic E-state index is 13.7. The van der Waals surface area contributed by atoms with E-state index < -0.39 is 65.1 Å². The van der Waals surface area contributed by atoms with Gasteiger partial charge in [0.1, 0.15) is 24.2 Å². The lowest BCUT2D eigenvalue weighted by molar-refractivity contribution is -0.136. The number of ketones is 1. The van der Waals surface area contributed by atoms with E-state index in [2.05, 4.69) is 228 Å². The Bertz CT molecular complexity index is 4940. The first-order valence-electron chi connectivity index (χ1n) is 38.5. The molecule has 109 heavy (non-hydrogen) atoms. The number of aromatic carboxylic acids is 1. The van der Waals surface area contributed by atoms with Crippen LogP contribution in [0.15, 0.2) is 158 Å². The predicted molar refractivity (Wildman–Crippen MR) is 442 cm³/mol. The molecule has 0 aromatic heterocycles. The van der Waals surface area contributed by atoms with Crippen molar-refractivity contribution in [2.75, 3.05) is 127 Å². The van der Waals surface area contributed by atoms with Gasteiger partial charge in [0.2, 0.25) is 0 Å². The minimum absolute atomic E-state index is 0.0722. The van der Waals surface area contributed by atoms with Gasteiger partial charge in [0, 0.05) is 194 Å². The number of ether oxygens (including phenoxy) is 2. The normalized spacial score (nSPS) is 18.1. The molecule has 3 saturated heterocycles. The maximum Gasteiger partial charge on any atom is 0.340 e. The van der Waals surface area contributed by atoms with Crippen molar-refractivity contribution in [1.82, 2.24) is 10.2 Å². The quantitative estimate of drug-likeness (QED) is 0.0705. The second-order valence-corrected chi connectivity index (χ2v) is 45.1. The Labute approximate surface area is 642 Å². The van der Waals surface area contributed by atoms with E-state index in [0.29, 0.717) is 27.8 Å². The van der Waals surface area contributed by atoms with Crippen LogP contribution in [0.5, 0.6) is 0 Å². The van der Waals surface area contributed by atoms with Crippen LogP contribution in [-0.2, 0) is 30.3 Å². The highest BCUT2D eigenvalue weighted by Gasteiger charge is 2.61. The van der Waals surface area contributed by atoms with Gasteiger partial charge in [0.25, 0.3) is 17.7 Å². The van der Waals surface area contributed by atoms with Crippen molar-refractivity contribution in [3.8, 4) is 0 Å². The summed E-state index contributed by atoms with van der Waals surface area (Å²) in [6.07, 6.45) is 13.5. The molecule has 3 amide bonds. The Hall–Kier alpha value is -10.4. The molecule has 2 N–H and O–H groups in total. The van der Waals surface area contributed by atoms with Gasteiger partial charge in [-0.1, -0.05) is 82.1 Å². The molecule has 0 saturated carbocycles. The monoisotopic (exact) mass is 1510 g/mol. The van der Waals surface area contributed by atoms with Crippen LogP contribution >= 0.6 is 0 Å². The van der Waals surface area contributed by atoms with Gasteiger partial charge in [-0.15, -0.1) is 0 Å². The zero-order chi connectivity index (χ0) is 77.0. The molecule has 3 fully saturated rings. The van der Waals surface area contributed by atoms with Gasteiger partial charge in [-0.05, 0) is 189 Å². The Morgan fingerprint density at radius 2 is 0.670 bits per heavy atom. The maximum absolute atomic E-state index is 13.7. The molecule has 0 unspecified atom stereocenters. The topological polar surface area (TPSA) is 193 Å². The lowest BCUT2D eigenvalue weighted by Gasteiger charge is -2.48. The fourth-order valence-electron chi connectivity index (χ4n) is 19.4. The van der Waals surface area contributed by atoms with E-state index >= 15 is 0 Å². The van der Waals surface area contributed by atoms with E-state index in [1.54, 1.807) is 30.3 Å². The summed E-state index contributed by atoms with van der Waals surface area (Å²) >= 11 is 0. The number of carboxylic acids is 1. The molecule has 562 valence electrons. The van der Waals surface area contributed by atoms with Crippen molar-refractivity contribution in [1.29, 1.82) is 0 Å². The van der Waals surface area contributed by atoms with E-state index in [0.717, 1.165) is 85.2 Å². The lowest BCUT2D eigenvalue weighted by atomic mass is 9.78. The fraction of sp³-hybridized carbons (Fsp3) is 0.352. The molecule has 9 heterocycles. The molecule has 0 radical (unpaired) electrons. The molecular formula is C88H98N8O10Si3. The molecule has 18 nitrogen and oxygen atoms in total. The summed E-state index contributed by atoms with van der Waals surface area (Å²) in [6, 6.07) is 56.3. The summed E-state index contributed by atoms with van der Waals surface area (Å²) in [5, 5.41) is 20.7. The van der Waals surface area contributed by atoms with Crippen LogP contribution in [-0.4, -0.2) is 173 Å². The Morgan fingerprint density at radius 1 is 0.376 bits per heavy atom. The van der Waals surface area contributed by atoms with Crippen LogP contribution in [0.25, 0.3) is 0 Å². The molecule has 0 bridgehead atoms. The van der Waals surface area contributed by atoms with Crippen molar-refractivity contribution < 1.29 is 48.1 Å². The molecule has 17 rings (SSSR count). The molecule has 8 aromatic carbocycles. The lowest BCUT2D eigenvalue weighted by Crippen LogP contribution is -2.67. The number of rotatable bonds is 11. The van der Waals surface area contributed by atoms with Gasteiger partial charge in [-0.3, -0.25) is 24.1 Å². The first-order valence-corrected chi connectivity index (χ1v) is 45.7. The SMILES string of the molecule is CN(C)c1ccc2c(c1)[Si]1(CCCCC1)c1cc(N(C)C)ccc1C21OC(=O)c2ccc(C(=O)NCCN3C(=O)C=CC3=O)cc21.CN(C)c1ccc2c(c1)[Si]1(CCCCC1)c1cc(N(C)C)ccc1C21OC(=O)c2ccc(C(=O)O)cc21.CN(C)c1ccc2c(c1)[Si]1(CCCCC1)c1cc(N(C)C)ccc1C2=O. The molecule has 21 heteroatoms. The highest BCUT2D eigenvalue weighted by molar-refractivity contribution is 7.05. The summed E-state index contributed by atoms with van der Waals surface area (Å²) in [5.41, 5.74) is 13.2. The summed E-state index contributed by atoms with van der Waals surface area (Å²) in [4.78, 5) is 104. The minimum Gasteiger partial charge on any atom is -0.478 e. The first kappa shape index (κ1) is 74.1. The van der Waals surface area contributed by atoms with Gasteiger partial charge in [-0.2, -0.15) is 0 Å². The van der Waals surface area contributed by atoms with Gasteiger partial charge >= 0.3 is 17.9 Å². The van der Waals surface area contributed by atoms with Gasteiger partial charge in [0.15, 0.2) is 17.0 Å². The zero-order valence-corrected chi connectivity index (χ0v) is 67.8. The molecular weight excluding hydrogens is 1410 g/mol. The Balaban J connectivity index is 0.000000135. The highest BCUT2D eigenvalue weighted by Crippen LogP contribution is 2.54. The summed E-state index contributed by atoms with van der Waals surface area (Å²) in [6.45, 7) is 0.179. The Morgan fingerprint density at radius 3 is 1.00 bits per heavy atom. The van der Waals surface area contributed by atoms with Crippen LogP contribution < -0.4 is 65.8 Å². The largest absolute Gasteiger partial charge is 0.478 e. The number of nitrogens with one attached hydrogen (secondary N) is 1. The summed E-state index contributed by atoms with van der Waals surface area (Å²) < 4.78 is 13.0. The van der Waals surface area contributed by atoms with Crippen LogP contribution in [0.1, 0.15) is 149 Å². The third-order valence-electron chi connectivity index (χ3n) is 25.1. The van der Waals surface area contributed by atoms with E-state index in [1.807, 2.05) is 0 Å². The number of hydrogen-bond acceptors (Lipinski definition) is 15. The van der Waals surface area contributed by atoms with Crippen molar-refractivity contribution >= 4 is 131 Å². The van der Waals surface area contributed by atoms with Crippen LogP contribution in [0, 0.1) is 0 Å². The molecule has 0 atom stereocenters. The van der Waals surface area contributed by atoms with E-state index in [-0.39, 0.29) is 30.3 Å². The van der Waals surface area contributed by atoms with Gasteiger partial charge in [0.05, 0.1) is 16.7 Å². The zero-order valence-electron chi connectivity index (χ0n) is 64.8. The van der Waals surface area contributed by atoms with Gasteiger partial charge in [-0.25, -0.2) is 14.4 Å². The Kier molecular flexibility index (Phi) is 19.2. The molecule has 9 aliphatic heterocycles. The molecule has 9 aliphatic rings. The third kappa shape index (κ3) is 12.0. The number of nitrogens with zero attached hydrogens (tertiary/aromatic N) is 7. The number of amides is 3. The summed E-state index contributed by atoms with van der Waals surface area (Å²) in [5.74, 6) is -2.75. The number of benzene rings is 8. The average Bonchev–Trinajstić information content (AvgIpc) is 1.63. The van der Waals surface area contributed by atoms with Gasteiger partial charge < -0.3 is 49.3 Å². The number of anilines is 6. The number of carboxylic acid groups (broad SMARTS) is 1. The second kappa shape index (κ2) is 28.3. The predicted octanol–water partition coefficient (Wildman–Crippen LogP) is 10.1. The van der Waals surface area contributed by atoms with Crippen molar-refractivity contribution in [3.63, 3.8) is 0 Å². The van der Waals surface area contributed by atoms with Crippen LogP contribution in [0.4, 0.5) is 34.1 Å². The number of esters is 2. The standard InChI is InChI=1S/C36H38N4O5Si.C30H32N2O4Si.C22H28N2OSi/c1-38(2)24-9-12-27-30(21-24)46(18-6-5-7-19-46)31-22-25(39(3)4)10-13-28(31)36(27)29-20-23(8-11-26(29)35(44)45-36)34(43)37-16-17-40-32(41)14-15-33(40)42;1-31(2)20-9-12-23-26(17-20)37(14-6-5-7-15-37)27-18-21(32(3)4)10-13-24(27)30(23)25-16-19(28(33)34)8-11-22(25)29(35)36-30;1-23(2)16-8-10-18-20(14-16)26(12-6-5-7-13-26)21-15-17(24(3)4)9-11-19(21)22(18)25/h8-15,20-22H,5-7,16-19H2,1-4H3,(H,37,43);8-13,16-18H,5-7,14-15H2,1-4H3,(H,33,34);8-11,14-15H,5-7,12-13H2,1-4H3.